The molecule has 0 amide bonds. The Labute approximate surface area is 120 Å². The van der Waals surface area contributed by atoms with Crippen molar-refractivity contribution in [1.82, 2.24) is 14.5 Å². The second-order valence-corrected chi connectivity index (χ2v) is 6.22. The lowest BCUT2D eigenvalue weighted by Crippen LogP contribution is -2.19. The van der Waals surface area contributed by atoms with Crippen LogP contribution in [0.5, 0.6) is 0 Å². The predicted octanol–water partition coefficient (Wildman–Crippen LogP) is 2.31. The third kappa shape index (κ3) is 1.96. The van der Waals surface area contributed by atoms with Gasteiger partial charge in [-0.2, -0.15) is 0 Å². The Morgan fingerprint density at radius 2 is 1.84 bits per heavy atom. The van der Waals surface area contributed by atoms with E-state index in [0.717, 1.165) is 21.4 Å². The van der Waals surface area contributed by atoms with E-state index >= 15 is 0 Å². The van der Waals surface area contributed by atoms with E-state index in [-0.39, 0.29) is 5.69 Å². The van der Waals surface area contributed by atoms with Gasteiger partial charge in [0.2, 0.25) is 0 Å². The Morgan fingerprint density at radius 1 is 1.26 bits per heavy atom. The molecule has 1 fully saturated rings. The number of aromatic nitrogens is 2. The topological polar surface area (TPSA) is 39.0 Å². The Hall–Kier alpha value is -1.07. The zero-order valence-corrected chi connectivity index (χ0v) is 13.0. The molecule has 1 N–H and O–H groups in total. The van der Waals surface area contributed by atoms with Crippen molar-refractivity contribution in [3.05, 3.63) is 32.7 Å². The molecule has 1 aromatic heterocycles. The maximum absolute atomic E-state index is 12.0. The minimum absolute atomic E-state index is 0.0199. The summed E-state index contributed by atoms with van der Waals surface area (Å²) in [5, 5.41) is 3.40. The Kier molecular flexibility index (Phi) is 3.06. The molecule has 0 radical (unpaired) electrons. The van der Waals surface area contributed by atoms with Crippen LogP contribution < -0.4 is 11.0 Å². The van der Waals surface area contributed by atoms with E-state index in [1.54, 1.807) is 9.13 Å². The average Bonchev–Trinajstić information content (AvgIpc) is 3.20. The van der Waals surface area contributed by atoms with Crippen molar-refractivity contribution in [1.29, 1.82) is 0 Å². The Balaban J connectivity index is 2.23. The largest absolute Gasteiger partial charge is 0.328 e. The number of nitrogens with zero attached hydrogens (tertiary/aromatic N) is 2. The van der Waals surface area contributed by atoms with Crippen LogP contribution in [0, 0.1) is 5.92 Å². The molecule has 0 aliphatic heterocycles. The van der Waals surface area contributed by atoms with Crippen LogP contribution in [0.15, 0.2) is 21.4 Å². The molecule has 19 heavy (non-hydrogen) atoms. The zero-order valence-electron chi connectivity index (χ0n) is 11.4. The molecule has 1 atom stereocenters. The molecule has 1 aromatic carbocycles. The van der Waals surface area contributed by atoms with Crippen LogP contribution in [0.25, 0.3) is 11.0 Å². The fraction of sp³-hybridized carbons (Fsp3) is 0.500. The zero-order chi connectivity index (χ0) is 13.7. The first kappa shape index (κ1) is 12.9. The summed E-state index contributed by atoms with van der Waals surface area (Å²) in [6.07, 6.45) is 2.56. The fourth-order valence-electron chi connectivity index (χ4n) is 2.85. The molecule has 2 aromatic rings. The number of aryl methyl sites for hydroxylation is 2. The number of benzene rings is 1. The van der Waals surface area contributed by atoms with E-state index in [4.69, 9.17) is 0 Å². The number of imidazole rings is 1. The summed E-state index contributed by atoms with van der Waals surface area (Å²) < 4.78 is 4.48. The summed E-state index contributed by atoms with van der Waals surface area (Å²) in [6.45, 7) is 0. The molecule has 4 nitrogen and oxygen atoms in total. The molecular formula is C14H18BrN3O. The number of hydrogen-bond acceptors (Lipinski definition) is 2. The van der Waals surface area contributed by atoms with Crippen LogP contribution in [-0.2, 0) is 14.1 Å². The van der Waals surface area contributed by atoms with Crippen LogP contribution in [-0.4, -0.2) is 16.2 Å². The predicted molar refractivity (Wildman–Crippen MR) is 80.4 cm³/mol. The maximum atomic E-state index is 12.0. The molecule has 0 saturated heterocycles. The van der Waals surface area contributed by atoms with Crippen molar-refractivity contribution in [3.63, 3.8) is 0 Å². The normalized spacial score (nSPS) is 17.1. The van der Waals surface area contributed by atoms with Gasteiger partial charge in [-0.05, 0) is 43.5 Å². The highest BCUT2D eigenvalue weighted by atomic mass is 79.9. The van der Waals surface area contributed by atoms with Crippen molar-refractivity contribution in [2.45, 2.75) is 18.9 Å². The summed E-state index contributed by atoms with van der Waals surface area (Å²) in [4.78, 5) is 12.0. The molecule has 1 unspecified atom stereocenters. The highest BCUT2D eigenvalue weighted by molar-refractivity contribution is 9.10. The van der Waals surface area contributed by atoms with E-state index in [1.807, 2.05) is 21.1 Å². The molecule has 0 spiro atoms. The number of hydrogen-bond donors (Lipinski definition) is 1. The SMILES string of the molecule is CNC(c1cc2c(cc1Br)n(C)c(=O)n2C)C1CC1. The second-order valence-electron chi connectivity index (χ2n) is 5.37. The smallest absolute Gasteiger partial charge is 0.313 e. The minimum atomic E-state index is 0.0199. The van der Waals surface area contributed by atoms with Gasteiger partial charge in [0.15, 0.2) is 0 Å². The van der Waals surface area contributed by atoms with Crippen molar-refractivity contribution in [2.24, 2.45) is 20.0 Å². The van der Waals surface area contributed by atoms with Gasteiger partial charge in [0.25, 0.3) is 0 Å². The summed E-state index contributed by atoms with van der Waals surface area (Å²) in [6, 6.07) is 4.56. The van der Waals surface area contributed by atoms with Crippen molar-refractivity contribution in [2.75, 3.05) is 7.05 Å². The maximum Gasteiger partial charge on any atom is 0.328 e. The lowest BCUT2D eigenvalue weighted by atomic mass is 10.0. The first-order chi connectivity index (χ1) is 9.04. The molecule has 5 heteroatoms. The third-order valence-corrected chi connectivity index (χ3v) is 4.82. The highest BCUT2D eigenvalue weighted by Crippen LogP contribution is 2.43. The van der Waals surface area contributed by atoms with Gasteiger partial charge < -0.3 is 5.32 Å². The Morgan fingerprint density at radius 3 is 2.37 bits per heavy atom. The fourth-order valence-corrected chi connectivity index (χ4v) is 3.43. The summed E-state index contributed by atoms with van der Waals surface area (Å²) in [5.41, 5.74) is 3.23. The van der Waals surface area contributed by atoms with Crippen LogP contribution in [0.2, 0.25) is 0 Å². The van der Waals surface area contributed by atoms with Gasteiger partial charge in [0, 0.05) is 24.6 Å². The van der Waals surface area contributed by atoms with Gasteiger partial charge in [-0.25, -0.2) is 4.79 Å². The van der Waals surface area contributed by atoms with Gasteiger partial charge in [-0.3, -0.25) is 9.13 Å². The van der Waals surface area contributed by atoms with E-state index in [9.17, 15) is 4.79 Å². The molecule has 0 bridgehead atoms. The van der Waals surface area contributed by atoms with Crippen LogP contribution in [0.4, 0.5) is 0 Å². The van der Waals surface area contributed by atoms with Gasteiger partial charge >= 0.3 is 5.69 Å². The van der Waals surface area contributed by atoms with Crippen LogP contribution >= 0.6 is 15.9 Å². The van der Waals surface area contributed by atoms with Gasteiger partial charge in [0.05, 0.1) is 11.0 Å². The first-order valence-electron chi connectivity index (χ1n) is 6.56. The van der Waals surface area contributed by atoms with Gasteiger partial charge in [-0.1, -0.05) is 15.9 Å². The van der Waals surface area contributed by atoms with Crippen molar-refractivity contribution in [3.8, 4) is 0 Å². The van der Waals surface area contributed by atoms with Crippen LogP contribution in [0.3, 0.4) is 0 Å². The number of rotatable bonds is 3. The molecule has 3 rings (SSSR count). The van der Waals surface area contributed by atoms with E-state index in [0.29, 0.717) is 6.04 Å². The Bertz CT molecular complexity index is 697. The lowest BCUT2D eigenvalue weighted by molar-refractivity contribution is 0.527. The van der Waals surface area contributed by atoms with Crippen molar-refractivity contribution < 1.29 is 0 Å². The third-order valence-electron chi connectivity index (χ3n) is 4.13. The van der Waals surface area contributed by atoms with E-state index in [1.165, 1.54) is 18.4 Å². The van der Waals surface area contributed by atoms with E-state index < -0.39 is 0 Å². The van der Waals surface area contributed by atoms with Crippen LogP contribution in [0.1, 0.15) is 24.4 Å². The summed E-state index contributed by atoms with van der Waals surface area (Å²) >= 11 is 3.66. The van der Waals surface area contributed by atoms with Gasteiger partial charge in [0.1, 0.15) is 0 Å². The lowest BCUT2D eigenvalue weighted by Gasteiger charge is -2.18. The monoisotopic (exact) mass is 323 g/mol. The average molecular weight is 324 g/mol. The first-order valence-corrected chi connectivity index (χ1v) is 7.36. The minimum Gasteiger partial charge on any atom is -0.313 e. The number of nitrogens with one attached hydrogen (secondary N) is 1. The molecule has 1 heterocycles. The second kappa shape index (κ2) is 4.49. The standard InChI is InChI=1S/C14H18BrN3O/c1-16-13(8-4-5-8)9-6-11-12(7-10(9)15)18(3)14(19)17(11)2/h6-8,13,16H,4-5H2,1-3H3. The molecule has 1 saturated carbocycles. The molecule has 102 valence electrons. The summed E-state index contributed by atoms with van der Waals surface area (Å²) in [7, 11) is 5.64. The quantitative estimate of drug-likeness (QED) is 0.941. The highest BCUT2D eigenvalue weighted by Gasteiger charge is 2.32. The molecular weight excluding hydrogens is 306 g/mol. The number of halogens is 1. The number of fused-ring (bicyclic) bond motifs is 1. The van der Waals surface area contributed by atoms with E-state index in [2.05, 4.69) is 33.4 Å². The molecule has 1 aliphatic rings. The summed E-state index contributed by atoms with van der Waals surface area (Å²) in [5.74, 6) is 0.722. The van der Waals surface area contributed by atoms with Crippen molar-refractivity contribution >= 4 is 27.0 Å². The molecule has 1 aliphatic carbocycles. The van der Waals surface area contributed by atoms with Gasteiger partial charge in [-0.15, -0.1) is 0 Å².